The number of nitrogens with one attached hydrogen (secondary N) is 4. The van der Waals surface area contributed by atoms with Gasteiger partial charge in [0.2, 0.25) is 18.2 Å². The summed E-state index contributed by atoms with van der Waals surface area (Å²) in [5.41, 5.74) is 6.75. The van der Waals surface area contributed by atoms with Crippen LogP contribution in [0.3, 0.4) is 0 Å². The van der Waals surface area contributed by atoms with Crippen molar-refractivity contribution in [1.29, 1.82) is 0 Å². The van der Waals surface area contributed by atoms with E-state index in [1.54, 1.807) is 12.1 Å². The lowest BCUT2D eigenvalue weighted by molar-refractivity contribution is -0.126. The summed E-state index contributed by atoms with van der Waals surface area (Å²) in [4.78, 5) is 45.2. The van der Waals surface area contributed by atoms with Crippen molar-refractivity contribution in [3.8, 4) is 0 Å². The highest BCUT2D eigenvalue weighted by Crippen LogP contribution is 2.11. The molecule has 0 radical (unpaired) electrons. The maximum Gasteiger partial charge on any atom is 0.312 e. The van der Waals surface area contributed by atoms with E-state index < -0.39 is 18.0 Å². The lowest BCUT2D eigenvalue weighted by Crippen LogP contribution is -2.47. The predicted molar refractivity (Wildman–Crippen MR) is 97.3 cm³/mol. The zero-order chi connectivity index (χ0) is 19.4. The van der Waals surface area contributed by atoms with Crippen LogP contribution in [0.25, 0.3) is 0 Å². The minimum atomic E-state index is -0.809. The Balaban J connectivity index is 2.66. The molecule has 0 heterocycles. The quantitative estimate of drug-likeness (QED) is 0.276. The van der Waals surface area contributed by atoms with Gasteiger partial charge in [-0.1, -0.05) is 19.1 Å². The molecule has 5 amide bonds. The van der Waals surface area contributed by atoms with Crippen LogP contribution in [0, 0.1) is 0 Å². The molecule has 0 saturated heterocycles. The molecular weight excluding hydrogens is 338 g/mol. The maximum atomic E-state index is 12.5. The standard InChI is InChI=1S/C17H25N5O4/c1-2-12-5-7-13(8-6-12)21-16(25)14(4-3-9-20-17(18)26)22-15(24)10-19-11-23/h5-8,11,14H,2-4,9-10H2,1H3,(H,19,23)(H,21,25)(H,22,24)(H3,18,20,26). The molecule has 1 rings (SSSR count). The number of rotatable bonds is 11. The first-order valence-corrected chi connectivity index (χ1v) is 8.35. The summed E-state index contributed by atoms with van der Waals surface area (Å²) < 4.78 is 0. The van der Waals surface area contributed by atoms with Crippen LogP contribution in [0.2, 0.25) is 0 Å². The van der Waals surface area contributed by atoms with Gasteiger partial charge in [0.05, 0.1) is 6.54 Å². The molecule has 1 aromatic carbocycles. The fraction of sp³-hybridized carbons (Fsp3) is 0.412. The number of primary amides is 1. The normalized spacial score (nSPS) is 11.1. The first kappa shape index (κ1) is 20.9. The summed E-state index contributed by atoms with van der Waals surface area (Å²) in [6, 6.07) is 5.94. The molecule has 0 aromatic heterocycles. The van der Waals surface area contributed by atoms with Crippen LogP contribution < -0.4 is 27.0 Å². The van der Waals surface area contributed by atoms with E-state index in [0.29, 0.717) is 24.9 Å². The van der Waals surface area contributed by atoms with Crippen molar-refractivity contribution in [1.82, 2.24) is 16.0 Å². The molecule has 26 heavy (non-hydrogen) atoms. The van der Waals surface area contributed by atoms with Crippen molar-refractivity contribution in [3.63, 3.8) is 0 Å². The smallest absolute Gasteiger partial charge is 0.312 e. The Morgan fingerprint density at radius 2 is 1.88 bits per heavy atom. The third-order valence-corrected chi connectivity index (χ3v) is 3.60. The molecule has 0 bridgehead atoms. The highest BCUT2D eigenvalue weighted by molar-refractivity contribution is 5.97. The van der Waals surface area contributed by atoms with Crippen LogP contribution >= 0.6 is 0 Å². The maximum absolute atomic E-state index is 12.5. The average molecular weight is 363 g/mol. The Hall–Kier alpha value is -3.10. The van der Waals surface area contributed by atoms with E-state index >= 15 is 0 Å². The number of benzene rings is 1. The van der Waals surface area contributed by atoms with Crippen LogP contribution in [0.5, 0.6) is 0 Å². The van der Waals surface area contributed by atoms with Crippen molar-refractivity contribution >= 4 is 29.9 Å². The SMILES string of the molecule is CCc1ccc(NC(=O)C(CCCNC(N)=O)NC(=O)CNC=O)cc1. The number of carbonyl (C=O) groups is 4. The van der Waals surface area contributed by atoms with Gasteiger partial charge in [-0.25, -0.2) is 4.79 Å². The van der Waals surface area contributed by atoms with Gasteiger partial charge in [0.15, 0.2) is 0 Å². The summed E-state index contributed by atoms with van der Waals surface area (Å²) in [6.07, 6.45) is 2.04. The van der Waals surface area contributed by atoms with E-state index in [0.717, 1.165) is 12.0 Å². The Kier molecular flexibility index (Phi) is 9.23. The Bertz CT molecular complexity index is 618. The monoisotopic (exact) mass is 363 g/mol. The van der Waals surface area contributed by atoms with Gasteiger partial charge in [-0.2, -0.15) is 0 Å². The first-order valence-electron chi connectivity index (χ1n) is 8.35. The fourth-order valence-electron chi connectivity index (χ4n) is 2.22. The number of nitrogens with two attached hydrogens (primary N) is 1. The summed E-state index contributed by atoms with van der Waals surface area (Å²) in [6.45, 7) is 2.09. The van der Waals surface area contributed by atoms with Crippen LogP contribution in [0.4, 0.5) is 10.5 Å². The minimum absolute atomic E-state index is 0.224. The predicted octanol–water partition coefficient (Wildman–Crippen LogP) is -0.133. The van der Waals surface area contributed by atoms with E-state index in [4.69, 9.17) is 5.73 Å². The zero-order valence-electron chi connectivity index (χ0n) is 14.7. The van der Waals surface area contributed by atoms with Crippen LogP contribution in [0.15, 0.2) is 24.3 Å². The Labute approximate surface area is 152 Å². The molecular formula is C17H25N5O4. The third kappa shape index (κ3) is 8.13. The fourth-order valence-corrected chi connectivity index (χ4v) is 2.22. The van der Waals surface area contributed by atoms with Crippen molar-refractivity contribution in [3.05, 3.63) is 29.8 Å². The number of hydrogen-bond acceptors (Lipinski definition) is 4. The van der Waals surface area contributed by atoms with Crippen molar-refractivity contribution in [2.45, 2.75) is 32.2 Å². The lowest BCUT2D eigenvalue weighted by Gasteiger charge is -2.18. The molecule has 1 aromatic rings. The van der Waals surface area contributed by atoms with Gasteiger partial charge in [-0.3, -0.25) is 14.4 Å². The van der Waals surface area contributed by atoms with Gasteiger partial charge in [-0.15, -0.1) is 0 Å². The molecule has 0 aliphatic carbocycles. The first-order chi connectivity index (χ1) is 12.5. The lowest BCUT2D eigenvalue weighted by atomic mass is 10.1. The number of urea groups is 1. The number of amides is 5. The second kappa shape index (κ2) is 11.5. The summed E-state index contributed by atoms with van der Waals surface area (Å²) in [7, 11) is 0. The second-order valence-electron chi connectivity index (χ2n) is 5.59. The number of aryl methyl sites for hydroxylation is 1. The highest BCUT2D eigenvalue weighted by Gasteiger charge is 2.20. The average Bonchev–Trinajstić information content (AvgIpc) is 2.62. The van der Waals surface area contributed by atoms with Crippen LogP contribution in [-0.2, 0) is 20.8 Å². The highest BCUT2D eigenvalue weighted by atomic mass is 16.2. The van der Waals surface area contributed by atoms with Gasteiger partial charge < -0.3 is 27.0 Å². The third-order valence-electron chi connectivity index (χ3n) is 3.60. The number of hydrogen-bond donors (Lipinski definition) is 5. The molecule has 0 fully saturated rings. The molecule has 1 atom stereocenters. The topological polar surface area (TPSA) is 142 Å². The van der Waals surface area contributed by atoms with E-state index in [1.165, 1.54) is 0 Å². The molecule has 9 nitrogen and oxygen atoms in total. The van der Waals surface area contributed by atoms with Crippen LogP contribution in [-0.4, -0.2) is 43.4 Å². The molecule has 1 unspecified atom stereocenters. The summed E-state index contributed by atoms with van der Waals surface area (Å²) >= 11 is 0. The molecule has 6 N–H and O–H groups in total. The van der Waals surface area contributed by atoms with Gasteiger partial charge in [0, 0.05) is 12.2 Å². The molecule has 9 heteroatoms. The molecule has 142 valence electrons. The minimum Gasteiger partial charge on any atom is -0.352 e. The second-order valence-corrected chi connectivity index (χ2v) is 5.59. The van der Waals surface area contributed by atoms with Crippen molar-refractivity contribution < 1.29 is 19.2 Å². The van der Waals surface area contributed by atoms with Gasteiger partial charge in [0.25, 0.3) is 0 Å². The molecule has 0 aliphatic heterocycles. The number of anilines is 1. The summed E-state index contributed by atoms with van der Waals surface area (Å²) in [5, 5.41) is 9.98. The van der Waals surface area contributed by atoms with Crippen molar-refractivity contribution in [2.75, 3.05) is 18.4 Å². The van der Waals surface area contributed by atoms with E-state index in [1.807, 2.05) is 19.1 Å². The van der Waals surface area contributed by atoms with Crippen LogP contribution in [0.1, 0.15) is 25.3 Å². The molecule has 0 spiro atoms. The summed E-state index contributed by atoms with van der Waals surface area (Å²) in [5.74, 6) is -0.866. The van der Waals surface area contributed by atoms with E-state index in [2.05, 4.69) is 21.3 Å². The van der Waals surface area contributed by atoms with Gasteiger partial charge in [0.1, 0.15) is 6.04 Å². The largest absolute Gasteiger partial charge is 0.352 e. The Morgan fingerprint density at radius 1 is 1.19 bits per heavy atom. The zero-order valence-corrected chi connectivity index (χ0v) is 14.7. The molecule has 0 saturated carbocycles. The van der Waals surface area contributed by atoms with Gasteiger partial charge in [-0.05, 0) is 37.0 Å². The van der Waals surface area contributed by atoms with E-state index in [9.17, 15) is 19.2 Å². The van der Waals surface area contributed by atoms with Crippen molar-refractivity contribution in [2.24, 2.45) is 5.73 Å². The van der Waals surface area contributed by atoms with Gasteiger partial charge >= 0.3 is 6.03 Å². The van der Waals surface area contributed by atoms with E-state index in [-0.39, 0.29) is 19.0 Å². The number of carbonyl (C=O) groups excluding carboxylic acids is 4. The Morgan fingerprint density at radius 3 is 2.46 bits per heavy atom. The molecule has 0 aliphatic rings.